The summed E-state index contributed by atoms with van der Waals surface area (Å²) in [7, 11) is -4.23. The minimum Gasteiger partial charge on any atom is -0.748 e. The molecule has 0 bridgehead atoms. The number of anilines is 1. The van der Waals surface area contributed by atoms with E-state index in [1.54, 1.807) is 11.1 Å². The fourth-order valence-corrected chi connectivity index (χ4v) is 5.88. The fraction of sp³-hybridized carbons (Fsp3) is 0.235. The number of benzene rings is 3. The lowest BCUT2D eigenvalue weighted by Crippen LogP contribution is -2.28. The van der Waals surface area contributed by atoms with Crippen LogP contribution in [-0.4, -0.2) is 41.5 Å². The number of rotatable bonds is 11. The van der Waals surface area contributed by atoms with Crippen molar-refractivity contribution in [2.45, 2.75) is 39.0 Å². The molecule has 0 aromatic heterocycles. The summed E-state index contributed by atoms with van der Waals surface area (Å²) in [6.45, 7) is 6.57. The Kier molecular flexibility index (Phi) is 9.53. The average Bonchev–Trinajstić information content (AvgIpc) is 3.15. The van der Waals surface area contributed by atoms with Crippen LogP contribution < -0.4 is 4.90 Å². The molecule has 212 valence electrons. The van der Waals surface area contributed by atoms with Crippen LogP contribution in [0.25, 0.3) is 10.8 Å². The van der Waals surface area contributed by atoms with Crippen LogP contribution in [0, 0.1) is 0 Å². The molecule has 41 heavy (non-hydrogen) atoms. The average molecular weight is 569 g/mol. The molecule has 0 fully saturated rings. The summed E-state index contributed by atoms with van der Waals surface area (Å²) < 4.78 is 35.6. The number of carbonyl (C=O) groups excluding carboxylic acids is 1. The molecule has 0 unspecified atom stereocenters. The summed E-state index contributed by atoms with van der Waals surface area (Å²) in [6, 6.07) is 22.1. The summed E-state index contributed by atoms with van der Waals surface area (Å²) in [4.78, 5) is 13.6. The highest BCUT2D eigenvalue weighted by Crippen LogP contribution is 2.44. The maximum absolute atomic E-state index is 12.0. The molecule has 0 saturated carbocycles. The molecular weight excluding hydrogens is 532 g/mol. The van der Waals surface area contributed by atoms with Gasteiger partial charge in [-0.1, -0.05) is 72.8 Å². The first kappa shape index (κ1) is 29.9. The maximum atomic E-state index is 12.0. The quantitative estimate of drug-likeness (QED) is 0.111. The molecule has 3 aromatic rings. The molecular formula is C34H36N2O4S. The number of nitrogens with zero attached hydrogens (tertiary/aromatic N) is 2. The van der Waals surface area contributed by atoms with E-state index in [1.807, 2.05) is 72.9 Å². The molecule has 0 spiro atoms. The predicted octanol–water partition coefficient (Wildman–Crippen LogP) is 6.78. The number of carbonyl (C=O) groups is 1. The van der Waals surface area contributed by atoms with Gasteiger partial charge in [0.1, 0.15) is 6.54 Å². The topological polar surface area (TPSA) is 80.5 Å². The Balaban J connectivity index is 1.53. The zero-order valence-electron chi connectivity index (χ0n) is 23.7. The molecule has 7 heteroatoms. The van der Waals surface area contributed by atoms with Gasteiger partial charge in [-0.05, 0) is 55.3 Å². The van der Waals surface area contributed by atoms with E-state index in [4.69, 9.17) is 0 Å². The summed E-state index contributed by atoms with van der Waals surface area (Å²) in [5, 5.41) is 2.38. The lowest BCUT2D eigenvalue weighted by Gasteiger charge is -2.17. The van der Waals surface area contributed by atoms with Gasteiger partial charge in [-0.3, -0.25) is 9.69 Å². The number of allylic oxidation sites excluding steroid dienone is 7. The summed E-state index contributed by atoms with van der Waals surface area (Å²) in [6.07, 6.45) is 16.2. The maximum Gasteiger partial charge on any atom is 0.227 e. The molecule has 4 rings (SSSR count). The fourth-order valence-electron chi connectivity index (χ4n) is 5.33. The summed E-state index contributed by atoms with van der Waals surface area (Å²) >= 11 is 0. The van der Waals surface area contributed by atoms with Crippen molar-refractivity contribution >= 4 is 43.9 Å². The second kappa shape index (κ2) is 13.1. The molecule has 0 saturated heterocycles. The second-order valence-electron chi connectivity index (χ2n) is 10.5. The Morgan fingerprint density at radius 1 is 0.878 bits per heavy atom. The standard InChI is InChI=1S/C34H36N2O4S/c1-27(37)35(29-18-9-8-10-19-29)24-14-7-5-4-6-11-21-32-34(2,3)33-30-20-13-12-17-28(30)22-23-31(33)36(32)25-15-16-26-41(38,39)40/h4-14,17-24H,15-16,25-26H2,1-3H3. The highest BCUT2D eigenvalue weighted by atomic mass is 32.2. The Bertz CT molecular complexity index is 1660. The first-order valence-electron chi connectivity index (χ1n) is 13.7. The van der Waals surface area contributed by atoms with E-state index < -0.39 is 10.1 Å². The molecule has 1 heterocycles. The summed E-state index contributed by atoms with van der Waals surface area (Å²) in [5.41, 5.74) is 4.00. The van der Waals surface area contributed by atoms with E-state index in [0.29, 0.717) is 19.4 Å². The zero-order valence-corrected chi connectivity index (χ0v) is 24.6. The minimum atomic E-state index is -4.23. The number of fused-ring (bicyclic) bond motifs is 3. The number of hydrogen-bond acceptors (Lipinski definition) is 4. The van der Waals surface area contributed by atoms with Gasteiger partial charge < -0.3 is 4.55 Å². The Morgan fingerprint density at radius 3 is 2.24 bits per heavy atom. The van der Waals surface area contributed by atoms with Crippen molar-refractivity contribution in [2.75, 3.05) is 17.2 Å². The van der Waals surface area contributed by atoms with Crippen LogP contribution in [0.1, 0.15) is 39.2 Å². The van der Waals surface area contributed by atoms with E-state index in [1.165, 1.54) is 23.3 Å². The molecule has 3 aromatic carbocycles. The van der Waals surface area contributed by atoms with Crippen LogP contribution in [0.5, 0.6) is 0 Å². The predicted molar refractivity (Wildman–Crippen MR) is 167 cm³/mol. The molecule has 0 radical (unpaired) electrons. The largest absolute Gasteiger partial charge is 0.748 e. The smallest absolute Gasteiger partial charge is 0.227 e. The monoisotopic (exact) mass is 568 g/mol. The Labute approximate surface area is 243 Å². The van der Waals surface area contributed by atoms with Crippen LogP contribution in [-0.2, 0) is 20.3 Å². The van der Waals surface area contributed by atoms with Gasteiger partial charge >= 0.3 is 0 Å². The Morgan fingerprint density at radius 2 is 1.54 bits per heavy atom. The zero-order chi connectivity index (χ0) is 29.5. The molecule has 0 atom stereocenters. The third-order valence-corrected chi connectivity index (χ3v) is 7.99. The van der Waals surface area contributed by atoms with E-state index in [-0.39, 0.29) is 17.1 Å². The SMILES string of the molecule is CC(=O)N(/C=C/C=C/C=C/C=C/C1=[N+](CCCCS(=O)(=O)[O-])c2ccc3ccccc3c2C1(C)C)c1ccccc1. The number of hydrogen-bond donors (Lipinski definition) is 0. The summed E-state index contributed by atoms with van der Waals surface area (Å²) in [5.74, 6) is -0.414. The van der Waals surface area contributed by atoms with Crippen molar-refractivity contribution in [1.82, 2.24) is 0 Å². The highest BCUT2D eigenvalue weighted by molar-refractivity contribution is 7.85. The first-order chi connectivity index (χ1) is 19.6. The van der Waals surface area contributed by atoms with Crippen molar-refractivity contribution < 1.29 is 22.3 Å². The van der Waals surface area contributed by atoms with E-state index in [0.717, 1.165) is 17.1 Å². The first-order valence-corrected chi connectivity index (χ1v) is 15.3. The molecule has 1 aliphatic rings. The number of unbranched alkanes of at least 4 members (excludes halogenated alkanes) is 1. The lowest BCUT2D eigenvalue weighted by molar-refractivity contribution is -0.438. The van der Waals surface area contributed by atoms with Gasteiger partial charge in [-0.2, -0.15) is 4.58 Å². The van der Waals surface area contributed by atoms with Gasteiger partial charge in [0.15, 0.2) is 5.71 Å². The van der Waals surface area contributed by atoms with E-state index >= 15 is 0 Å². The van der Waals surface area contributed by atoms with Gasteiger partial charge in [-0.25, -0.2) is 8.42 Å². The van der Waals surface area contributed by atoms with Crippen molar-refractivity contribution in [1.29, 1.82) is 0 Å². The van der Waals surface area contributed by atoms with Crippen LogP contribution >= 0.6 is 0 Å². The van der Waals surface area contributed by atoms with Gasteiger partial charge in [0.25, 0.3) is 0 Å². The lowest BCUT2D eigenvalue weighted by atomic mass is 9.79. The number of para-hydroxylation sites is 1. The second-order valence-corrected chi connectivity index (χ2v) is 12.0. The highest BCUT2D eigenvalue weighted by Gasteiger charge is 2.45. The van der Waals surface area contributed by atoms with Crippen LogP contribution in [0.15, 0.2) is 115 Å². The van der Waals surface area contributed by atoms with Gasteiger partial charge in [0.05, 0.1) is 15.5 Å². The van der Waals surface area contributed by atoms with Gasteiger partial charge in [0, 0.05) is 48.7 Å². The van der Waals surface area contributed by atoms with Crippen LogP contribution in [0.2, 0.25) is 0 Å². The van der Waals surface area contributed by atoms with E-state index in [2.05, 4.69) is 54.8 Å². The van der Waals surface area contributed by atoms with Crippen LogP contribution in [0.3, 0.4) is 0 Å². The third kappa shape index (κ3) is 7.37. The van der Waals surface area contributed by atoms with Crippen molar-refractivity contribution in [3.05, 3.63) is 121 Å². The molecule has 0 aliphatic carbocycles. The van der Waals surface area contributed by atoms with Gasteiger partial charge in [-0.15, -0.1) is 0 Å². The molecule has 1 amide bonds. The van der Waals surface area contributed by atoms with Gasteiger partial charge in [0.2, 0.25) is 11.6 Å². The Hall–Kier alpha value is -4.07. The minimum absolute atomic E-state index is 0.0662. The molecule has 6 nitrogen and oxygen atoms in total. The van der Waals surface area contributed by atoms with Crippen molar-refractivity contribution in [2.24, 2.45) is 0 Å². The molecule has 0 N–H and O–H groups in total. The molecule has 1 aliphatic heterocycles. The number of amides is 1. The normalized spacial score (nSPS) is 15.2. The van der Waals surface area contributed by atoms with Crippen molar-refractivity contribution in [3.63, 3.8) is 0 Å². The van der Waals surface area contributed by atoms with Crippen molar-refractivity contribution in [3.8, 4) is 0 Å². The van der Waals surface area contributed by atoms with E-state index in [9.17, 15) is 17.8 Å². The van der Waals surface area contributed by atoms with Crippen LogP contribution in [0.4, 0.5) is 11.4 Å². The third-order valence-electron chi connectivity index (χ3n) is 7.20.